The molecule has 18 heavy (non-hydrogen) atoms. The number of hydrogen-bond acceptors (Lipinski definition) is 2. The summed E-state index contributed by atoms with van der Waals surface area (Å²) in [5, 5.41) is 0. The first-order chi connectivity index (χ1) is 7.78. The molecule has 2 nitrogen and oxygen atoms in total. The molecule has 1 rings (SSSR count). The number of alkyl halides is 5. The Morgan fingerprint density at radius 2 is 1.83 bits per heavy atom. The van der Waals surface area contributed by atoms with Crippen LogP contribution in [0.2, 0.25) is 0 Å². The van der Waals surface area contributed by atoms with Crippen LogP contribution in [0.3, 0.4) is 0 Å². The monoisotopic (exact) mass is 291 g/mol. The first-order valence-corrected chi connectivity index (χ1v) is 4.67. The topological polar surface area (TPSA) is 35.2 Å². The third kappa shape index (κ3) is 6.02. The highest BCUT2D eigenvalue weighted by atomic mass is 35.5. The molecule has 0 radical (unpaired) electrons. The van der Waals surface area contributed by atoms with Crippen LogP contribution in [0.15, 0.2) is 24.3 Å². The molecule has 1 aromatic carbocycles. The van der Waals surface area contributed by atoms with Gasteiger partial charge in [-0.3, -0.25) is 0 Å². The Labute approximate surface area is 106 Å². The molecular weight excluding hydrogens is 281 g/mol. The van der Waals surface area contributed by atoms with Gasteiger partial charge in [-0.25, -0.2) is 8.78 Å². The van der Waals surface area contributed by atoms with Crippen molar-refractivity contribution < 1.29 is 26.7 Å². The Bertz CT molecular complexity index is 372. The molecule has 2 N–H and O–H groups in total. The summed E-state index contributed by atoms with van der Waals surface area (Å²) in [6.45, 7) is 0. The van der Waals surface area contributed by atoms with Crippen LogP contribution in [0.4, 0.5) is 22.0 Å². The van der Waals surface area contributed by atoms with E-state index in [1.807, 2.05) is 0 Å². The van der Waals surface area contributed by atoms with Crippen molar-refractivity contribution >= 4 is 12.4 Å². The van der Waals surface area contributed by atoms with E-state index in [-0.39, 0.29) is 18.0 Å². The van der Waals surface area contributed by atoms with E-state index in [1.54, 1.807) is 0 Å². The zero-order valence-electron chi connectivity index (χ0n) is 8.95. The van der Waals surface area contributed by atoms with Gasteiger partial charge in [-0.15, -0.1) is 25.6 Å². The molecule has 0 heterocycles. The van der Waals surface area contributed by atoms with E-state index in [0.29, 0.717) is 0 Å². The number of halogens is 6. The van der Waals surface area contributed by atoms with Crippen molar-refractivity contribution in [2.45, 2.75) is 25.3 Å². The van der Waals surface area contributed by atoms with E-state index in [0.717, 1.165) is 12.1 Å². The average molecular weight is 292 g/mol. The van der Waals surface area contributed by atoms with E-state index in [4.69, 9.17) is 5.73 Å². The van der Waals surface area contributed by atoms with Crippen molar-refractivity contribution in [2.75, 3.05) is 0 Å². The van der Waals surface area contributed by atoms with Gasteiger partial charge in [0.15, 0.2) is 0 Å². The quantitative estimate of drug-likeness (QED) is 0.859. The van der Waals surface area contributed by atoms with Crippen molar-refractivity contribution in [1.29, 1.82) is 0 Å². The van der Waals surface area contributed by atoms with Crippen LogP contribution in [0.5, 0.6) is 5.75 Å². The van der Waals surface area contributed by atoms with Gasteiger partial charge < -0.3 is 10.5 Å². The molecule has 8 heteroatoms. The molecular formula is C10H11ClF5NO. The number of nitrogens with two attached hydrogens (primary N) is 1. The van der Waals surface area contributed by atoms with E-state index < -0.39 is 31.0 Å². The van der Waals surface area contributed by atoms with Crippen LogP contribution in [0, 0.1) is 0 Å². The van der Waals surface area contributed by atoms with Gasteiger partial charge in [0.05, 0.1) is 0 Å². The van der Waals surface area contributed by atoms with Gasteiger partial charge in [0.2, 0.25) is 6.43 Å². The highest BCUT2D eigenvalue weighted by molar-refractivity contribution is 5.85. The zero-order chi connectivity index (χ0) is 13.1. The molecule has 0 unspecified atom stereocenters. The minimum Gasteiger partial charge on any atom is -0.406 e. The van der Waals surface area contributed by atoms with Crippen molar-refractivity contribution in [2.24, 2.45) is 5.73 Å². The molecule has 1 atom stereocenters. The highest BCUT2D eigenvalue weighted by Gasteiger charge is 2.31. The van der Waals surface area contributed by atoms with Gasteiger partial charge in [0.1, 0.15) is 5.75 Å². The van der Waals surface area contributed by atoms with Gasteiger partial charge in [-0.1, -0.05) is 12.1 Å². The fourth-order valence-electron chi connectivity index (χ4n) is 1.27. The molecule has 0 saturated carbocycles. The molecule has 0 fully saturated rings. The SMILES string of the molecule is Cl.N[C@H](CC(F)F)c1cccc(OC(F)(F)F)c1. The molecule has 0 bridgehead atoms. The maximum Gasteiger partial charge on any atom is 0.573 e. The first kappa shape index (κ1) is 16.9. The second kappa shape index (κ2) is 6.75. The van der Waals surface area contributed by atoms with E-state index >= 15 is 0 Å². The minimum absolute atomic E-state index is 0. The second-order valence-corrected chi connectivity index (χ2v) is 3.35. The molecule has 0 aromatic heterocycles. The Kier molecular flexibility index (Phi) is 6.34. The number of rotatable bonds is 4. The van der Waals surface area contributed by atoms with Crippen LogP contribution in [0.25, 0.3) is 0 Å². The van der Waals surface area contributed by atoms with E-state index in [2.05, 4.69) is 4.74 Å². The lowest BCUT2D eigenvalue weighted by atomic mass is 10.0. The Morgan fingerprint density at radius 1 is 1.22 bits per heavy atom. The van der Waals surface area contributed by atoms with Gasteiger partial charge >= 0.3 is 6.36 Å². The summed E-state index contributed by atoms with van der Waals surface area (Å²) in [7, 11) is 0. The zero-order valence-corrected chi connectivity index (χ0v) is 9.77. The number of ether oxygens (including phenoxy) is 1. The molecule has 0 aliphatic heterocycles. The van der Waals surface area contributed by atoms with Crippen LogP contribution in [0.1, 0.15) is 18.0 Å². The first-order valence-electron chi connectivity index (χ1n) is 4.67. The minimum atomic E-state index is -4.81. The number of hydrogen-bond donors (Lipinski definition) is 1. The average Bonchev–Trinajstić information content (AvgIpc) is 2.14. The number of benzene rings is 1. The third-order valence-corrected chi connectivity index (χ3v) is 1.95. The summed E-state index contributed by atoms with van der Waals surface area (Å²) >= 11 is 0. The largest absolute Gasteiger partial charge is 0.573 e. The fourth-order valence-corrected chi connectivity index (χ4v) is 1.27. The Balaban J connectivity index is 0.00000289. The fraction of sp³-hybridized carbons (Fsp3) is 0.400. The van der Waals surface area contributed by atoms with E-state index in [9.17, 15) is 22.0 Å². The van der Waals surface area contributed by atoms with E-state index in [1.165, 1.54) is 12.1 Å². The van der Waals surface area contributed by atoms with Gasteiger partial charge in [-0.2, -0.15) is 0 Å². The molecule has 0 aliphatic rings. The predicted molar refractivity (Wildman–Crippen MR) is 57.9 cm³/mol. The smallest absolute Gasteiger partial charge is 0.406 e. The molecule has 0 saturated heterocycles. The van der Waals surface area contributed by atoms with Crippen molar-refractivity contribution in [3.8, 4) is 5.75 Å². The van der Waals surface area contributed by atoms with Crippen LogP contribution in [-0.4, -0.2) is 12.8 Å². The predicted octanol–water partition coefficient (Wildman–Crippen LogP) is 3.66. The molecule has 0 spiro atoms. The maximum atomic E-state index is 12.1. The van der Waals surface area contributed by atoms with Crippen molar-refractivity contribution in [3.05, 3.63) is 29.8 Å². The van der Waals surface area contributed by atoms with Crippen LogP contribution in [-0.2, 0) is 0 Å². The summed E-state index contributed by atoms with van der Waals surface area (Å²) in [4.78, 5) is 0. The maximum absolute atomic E-state index is 12.1. The summed E-state index contributed by atoms with van der Waals surface area (Å²) in [5.41, 5.74) is 5.58. The summed E-state index contributed by atoms with van der Waals surface area (Å²) < 4.78 is 63.5. The lowest BCUT2D eigenvalue weighted by Crippen LogP contribution is -2.18. The lowest BCUT2D eigenvalue weighted by Gasteiger charge is -2.14. The van der Waals surface area contributed by atoms with Gasteiger partial charge in [0, 0.05) is 12.5 Å². The standard InChI is InChI=1S/C10H10F5NO.ClH/c11-9(12)5-8(16)6-2-1-3-7(4-6)17-10(13,14)15;/h1-4,8-9H,5,16H2;1H/t8-;/m1./s1. The highest BCUT2D eigenvalue weighted by Crippen LogP contribution is 2.26. The lowest BCUT2D eigenvalue weighted by molar-refractivity contribution is -0.274. The third-order valence-electron chi connectivity index (χ3n) is 1.95. The summed E-state index contributed by atoms with van der Waals surface area (Å²) in [6, 6.07) is 3.69. The van der Waals surface area contributed by atoms with Crippen LogP contribution < -0.4 is 10.5 Å². The summed E-state index contributed by atoms with van der Waals surface area (Å²) in [5.74, 6) is -0.472. The molecule has 104 valence electrons. The normalized spacial score (nSPS) is 13.1. The van der Waals surface area contributed by atoms with Crippen molar-refractivity contribution in [3.63, 3.8) is 0 Å². The molecule has 0 aliphatic carbocycles. The molecule has 1 aromatic rings. The van der Waals surface area contributed by atoms with Crippen molar-refractivity contribution in [1.82, 2.24) is 0 Å². The van der Waals surface area contributed by atoms with Crippen LogP contribution >= 0.6 is 12.4 Å². The Hall–Kier alpha value is -1.08. The molecule has 0 amide bonds. The van der Waals surface area contributed by atoms with Gasteiger partial charge in [-0.05, 0) is 17.7 Å². The second-order valence-electron chi connectivity index (χ2n) is 3.35. The summed E-state index contributed by atoms with van der Waals surface area (Å²) in [6.07, 6.45) is -8.04. The van der Waals surface area contributed by atoms with Gasteiger partial charge in [0.25, 0.3) is 0 Å². The Morgan fingerprint density at radius 3 is 2.33 bits per heavy atom.